The molecule has 2 atom stereocenters. The molecule has 0 bridgehead atoms. The molecule has 1 N–H and O–H groups in total. The largest absolute Gasteiger partial charge is 0.378 e. The number of nitrogens with zero attached hydrogens (tertiary/aromatic N) is 2. The third-order valence-electron chi connectivity index (χ3n) is 4.90. The molecule has 7 heteroatoms. The summed E-state index contributed by atoms with van der Waals surface area (Å²) in [6.45, 7) is 0.524. The van der Waals surface area contributed by atoms with Crippen molar-refractivity contribution in [2.75, 3.05) is 39.2 Å². The standard InChI is InChI=1S/C20H27N3O3S/c1-22(2)18-11-9-17(10-12-18)20-19(15-26-23(20)3)27(24,25)21-14-13-16-7-5-4-6-8-16/h4-12,19-21H,13-15H2,1-3H3. The summed E-state index contributed by atoms with van der Waals surface area (Å²) < 4.78 is 28.6. The Balaban J connectivity index is 1.71. The van der Waals surface area contributed by atoms with Crippen molar-refractivity contribution >= 4 is 15.7 Å². The van der Waals surface area contributed by atoms with Gasteiger partial charge in [0, 0.05) is 33.4 Å². The van der Waals surface area contributed by atoms with E-state index in [0.29, 0.717) is 13.0 Å². The molecule has 0 aromatic heterocycles. The Bertz CT molecular complexity index is 839. The molecule has 2 unspecified atom stereocenters. The van der Waals surface area contributed by atoms with Gasteiger partial charge >= 0.3 is 0 Å². The smallest absolute Gasteiger partial charge is 0.218 e. The summed E-state index contributed by atoms with van der Waals surface area (Å²) in [5.41, 5.74) is 3.11. The maximum atomic E-state index is 12.9. The third kappa shape index (κ3) is 4.68. The summed E-state index contributed by atoms with van der Waals surface area (Å²) in [4.78, 5) is 7.58. The van der Waals surface area contributed by atoms with Crippen LogP contribution in [0.4, 0.5) is 5.69 Å². The SMILES string of the molecule is CN(C)c1ccc(C2C(S(=O)(=O)NCCc3ccccc3)CON2C)cc1. The Hall–Kier alpha value is -1.93. The van der Waals surface area contributed by atoms with E-state index in [1.165, 1.54) is 0 Å². The van der Waals surface area contributed by atoms with Gasteiger partial charge in [-0.2, -0.15) is 5.06 Å². The van der Waals surface area contributed by atoms with E-state index in [1.807, 2.05) is 73.6 Å². The van der Waals surface area contributed by atoms with Gasteiger partial charge in [-0.15, -0.1) is 0 Å². The van der Waals surface area contributed by atoms with Crippen molar-refractivity contribution in [1.29, 1.82) is 0 Å². The molecule has 0 amide bonds. The summed E-state index contributed by atoms with van der Waals surface area (Å²) in [6.07, 6.45) is 0.658. The molecule has 27 heavy (non-hydrogen) atoms. The predicted molar refractivity (Wildman–Crippen MR) is 108 cm³/mol. The van der Waals surface area contributed by atoms with Crippen LogP contribution in [0.2, 0.25) is 0 Å². The number of sulfonamides is 1. The van der Waals surface area contributed by atoms with Gasteiger partial charge in [0.25, 0.3) is 0 Å². The van der Waals surface area contributed by atoms with Crippen molar-refractivity contribution in [2.45, 2.75) is 17.7 Å². The van der Waals surface area contributed by atoms with E-state index in [9.17, 15) is 8.42 Å². The van der Waals surface area contributed by atoms with Crippen LogP contribution in [-0.4, -0.2) is 53.0 Å². The highest BCUT2D eigenvalue weighted by Gasteiger charge is 2.42. The van der Waals surface area contributed by atoms with E-state index >= 15 is 0 Å². The van der Waals surface area contributed by atoms with Gasteiger partial charge in [0.05, 0.1) is 12.6 Å². The second-order valence-electron chi connectivity index (χ2n) is 6.99. The van der Waals surface area contributed by atoms with Crippen LogP contribution in [0.1, 0.15) is 17.2 Å². The van der Waals surface area contributed by atoms with Crippen LogP contribution in [-0.2, 0) is 21.3 Å². The Morgan fingerprint density at radius 2 is 1.78 bits per heavy atom. The van der Waals surface area contributed by atoms with E-state index in [2.05, 4.69) is 4.72 Å². The number of nitrogens with one attached hydrogen (secondary N) is 1. The van der Waals surface area contributed by atoms with Crippen molar-refractivity contribution in [3.63, 3.8) is 0 Å². The first-order valence-corrected chi connectivity index (χ1v) is 10.6. The molecule has 0 radical (unpaired) electrons. The van der Waals surface area contributed by atoms with Crippen molar-refractivity contribution in [2.24, 2.45) is 0 Å². The van der Waals surface area contributed by atoms with Crippen LogP contribution < -0.4 is 9.62 Å². The van der Waals surface area contributed by atoms with Gasteiger partial charge in [-0.1, -0.05) is 42.5 Å². The van der Waals surface area contributed by atoms with E-state index in [-0.39, 0.29) is 12.6 Å². The van der Waals surface area contributed by atoms with Crippen LogP contribution in [0, 0.1) is 0 Å². The molecule has 0 saturated carbocycles. The Morgan fingerprint density at radius 1 is 1.11 bits per heavy atom. The molecular weight excluding hydrogens is 362 g/mol. The monoisotopic (exact) mass is 389 g/mol. The maximum absolute atomic E-state index is 12.9. The van der Waals surface area contributed by atoms with Gasteiger partial charge in [-0.3, -0.25) is 4.84 Å². The molecule has 6 nitrogen and oxygen atoms in total. The molecule has 1 saturated heterocycles. The fourth-order valence-corrected chi connectivity index (χ4v) is 4.85. The predicted octanol–water partition coefficient (Wildman–Crippen LogP) is 2.20. The van der Waals surface area contributed by atoms with Crippen LogP contribution in [0.15, 0.2) is 54.6 Å². The normalized spacial score (nSPS) is 20.7. The maximum Gasteiger partial charge on any atom is 0.218 e. The van der Waals surface area contributed by atoms with E-state index in [0.717, 1.165) is 16.8 Å². The van der Waals surface area contributed by atoms with Gasteiger partial charge in [0.2, 0.25) is 10.0 Å². The zero-order valence-corrected chi connectivity index (χ0v) is 16.8. The summed E-state index contributed by atoms with van der Waals surface area (Å²) in [6, 6.07) is 17.4. The lowest BCUT2D eigenvalue weighted by Crippen LogP contribution is -2.40. The van der Waals surface area contributed by atoms with E-state index in [4.69, 9.17) is 4.84 Å². The lowest BCUT2D eigenvalue weighted by Gasteiger charge is -2.24. The van der Waals surface area contributed by atoms with E-state index in [1.54, 1.807) is 12.1 Å². The third-order valence-corrected chi connectivity index (χ3v) is 6.69. The number of hydrogen-bond acceptors (Lipinski definition) is 5. The highest BCUT2D eigenvalue weighted by molar-refractivity contribution is 7.90. The van der Waals surface area contributed by atoms with Gasteiger partial charge in [0.1, 0.15) is 5.25 Å². The lowest BCUT2D eigenvalue weighted by atomic mass is 10.0. The van der Waals surface area contributed by atoms with Crippen LogP contribution in [0.25, 0.3) is 0 Å². The molecule has 1 aliphatic rings. The topological polar surface area (TPSA) is 61.9 Å². The number of hydroxylamine groups is 2. The molecule has 2 aromatic carbocycles. The minimum atomic E-state index is -3.51. The second kappa shape index (κ2) is 8.39. The van der Waals surface area contributed by atoms with Gasteiger partial charge in [-0.25, -0.2) is 13.1 Å². The minimum Gasteiger partial charge on any atom is -0.378 e. The first kappa shape index (κ1) is 19.8. The zero-order valence-electron chi connectivity index (χ0n) is 16.0. The van der Waals surface area contributed by atoms with Crippen molar-refractivity contribution in [3.05, 3.63) is 65.7 Å². The minimum absolute atomic E-state index is 0.150. The molecule has 3 rings (SSSR count). The summed E-state index contributed by atoms with van der Waals surface area (Å²) in [5, 5.41) is 0.995. The summed E-state index contributed by atoms with van der Waals surface area (Å²) >= 11 is 0. The summed E-state index contributed by atoms with van der Waals surface area (Å²) in [7, 11) is 2.22. The van der Waals surface area contributed by atoms with Crippen molar-refractivity contribution in [1.82, 2.24) is 9.79 Å². The highest BCUT2D eigenvalue weighted by Crippen LogP contribution is 2.33. The lowest BCUT2D eigenvalue weighted by molar-refractivity contribution is -0.110. The number of rotatable bonds is 7. The number of hydrogen-bond donors (Lipinski definition) is 1. The molecule has 1 fully saturated rings. The Morgan fingerprint density at radius 3 is 2.41 bits per heavy atom. The number of anilines is 1. The van der Waals surface area contributed by atoms with Gasteiger partial charge in [0.15, 0.2) is 0 Å². The molecule has 0 spiro atoms. The zero-order chi connectivity index (χ0) is 19.4. The Labute approximate surface area is 161 Å². The quantitative estimate of drug-likeness (QED) is 0.787. The van der Waals surface area contributed by atoms with Crippen molar-refractivity contribution in [3.8, 4) is 0 Å². The highest BCUT2D eigenvalue weighted by atomic mass is 32.2. The Kier molecular flexibility index (Phi) is 6.16. The molecule has 2 aromatic rings. The average Bonchev–Trinajstić information content (AvgIpc) is 3.05. The fourth-order valence-electron chi connectivity index (χ4n) is 3.34. The van der Waals surface area contributed by atoms with Gasteiger partial charge < -0.3 is 4.90 Å². The molecular formula is C20H27N3O3S. The average molecular weight is 390 g/mol. The first-order chi connectivity index (χ1) is 12.9. The molecule has 1 aliphatic heterocycles. The van der Waals surface area contributed by atoms with Crippen LogP contribution in [0.3, 0.4) is 0 Å². The van der Waals surface area contributed by atoms with Crippen LogP contribution in [0.5, 0.6) is 0 Å². The second-order valence-corrected chi connectivity index (χ2v) is 8.97. The molecule has 1 heterocycles. The molecule has 0 aliphatic carbocycles. The van der Waals surface area contributed by atoms with Gasteiger partial charge in [-0.05, 0) is 29.7 Å². The first-order valence-electron chi connectivity index (χ1n) is 9.04. The van der Waals surface area contributed by atoms with Crippen LogP contribution >= 0.6 is 0 Å². The molecule has 146 valence electrons. The number of benzene rings is 2. The fraction of sp³-hybridized carbons (Fsp3) is 0.400. The van der Waals surface area contributed by atoms with Crippen molar-refractivity contribution < 1.29 is 13.3 Å². The summed E-state index contributed by atoms with van der Waals surface area (Å²) in [5.74, 6) is 0. The van der Waals surface area contributed by atoms with E-state index < -0.39 is 15.3 Å².